The van der Waals surface area contributed by atoms with Crippen LogP contribution in [0.15, 0.2) is 48.5 Å². The number of halogens is 1. The molecule has 0 aromatic carbocycles. The molecule has 0 aliphatic rings. The second kappa shape index (κ2) is 9.85. The van der Waals surface area contributed by atoms with Crippen LogP contribution in [0.4, 0.5) is 9.93 Å². The first kappa shape index (κ1) is 21.9. The fourth-order valence-corrected chi connectivity index (χ4v) is 4.43. The average Bonchev–Trinajstić information content (AvgIpc) is 3.55. The average molecular weight is 489 g/mol. The van der Waals surface area contributed by atoms with Gasteiger partial charge in [0.1, 0.15) is 12.7 Å². The largest absolute Gasteiger partial charge is 0.336 e. The summed E-state index contributed by atoms with van der Waals surface area (Å²) >= 11 is 8.58. The molecular formula is C19H17ClN8O2S2. The third-order valence-corrected chi connectivity index (χ3v) is 6.26. The van der Waals surface area contributed by atoms with Crippen LogP contribution in [0.5, 0.6) is 0 Å². The molecule has 0 atom stereocenters. The zero-order valence-corrected chi connectivity index (χ0v) is 19.1. The molecule has 0 aliphatic heterocycles. The molecule has 4 aromatic rings. The molecule has 13 heteroatoms. The van der Waals surface area contributed by atoms with Crippen molar-refractivity contribution in [3.8, 4) is 5.82 Å². The standard InChI is InChI=1S/C19H17ClN8O2S2/c1-27(17(29)12-2-5-16(22-6-12)28-11-21-10-24-28)8-13-9-31-19(25-13)26-18(30)23-7-14-3-4-15(20)32-14/h2-6,9-11H,7-8H2,1H3,(H2,23,25,26,30). The maximum atomic E-state index is 12.7. The third-order valence-electron chi connectivity index (χ3n) is 4.22. The van der Waals surface area contributed by atoms with E-state index >= 15 is 0 Å². The summed E-state index contributed by atoms with van der Waals surface area (Å²) < 4.78 is 2.18. The number of anilines is 1. The Bertz CT molecular complexity index is 1210. The highest BCUT2D eigenvalue weighted by molar-refractivity contribution is 7.16. The fourth-order valence-electron chi connectivity index (χ4n) is 2.70. The first-order valence-electron chi connectivity index (χ1n) is 9.28. The van der Waals surface area contributed by atoms with Gasteiger partial charge in [-0.2, -0.15) is 5.10 Å². The highest BCUT2D eigenvalue weighted by Gasteiger charge is 2.15. The zero-order chi connectivity index (χ0) is 22.5. The topological polar surface area (TPSA) is 118 Å². The number of thiazole rings is 1. The molecule has 0 saturated carbocycles. The third kappa shape index (κ3) is 5.46. The van der Waals surface area contributed by atoms with Crippen molar-refractivity contribution in [2.24, 2.45) is 0 Å². The van der Waals surface area contributed by atoms with Crippen molar-refractivity contribution >= 4 is 51.3 Å². The number of urea groups is 1. The fraction of sp³-hybridized carbons (Fsp3) is 0.158. The number of rotatable bonds is 7. The second-order valence-corrected chi connectivity index (χ2v) is 9.22. The van der Waals surface area contributed by atoms with Gasteiger partial charge in [-0.25, -0.2) is 24.4 Å². The minimum atomic E-state index is -0.363. The van der Waals surface area contributed by atoms with Crippen LogP contribution in [0.3, 0.4) is 0 Å². The van der Waals surface area contributed by atoms with Gasteiger partial charge < -0.3 is 10.2 Å². The Kier molecular flexibility index (Phi) is 6.73. The molecule has 10 nitrogen and oxygen atoms in total. The van der Waals surface area contributed by atoms with Gasteiger partial charge >= 0.3 is 6.03 Å². The normalized spacial score (nSPS) is 10.7. The van der Waals surface area contributed by atoms with Crippen LogP contribution >= 0.6 is 34.3 Å². The van der Waals surface area contributed by atoms with Crippen LogP contribution in [0, 0.1) is 0 Å². The van der Waals surface area contributed by atoms with E-state index in [1.165, 1.54) is 51.1 Å². The number of nitrogens with zero attached hydrogens (tertiary/aromatic N) is 6. The minimum absolute atomic E-state index is 0.197. The Hall–Kier alpha value is -3.35. The van der Waals surface area contributed by atoms with Gasteiger partial charge in [0, 0.05) is 23.5 Å². The molecule has 0 spiro atoms. The van der Waals surface area contributed by atoms with Crippen LogP contribution in [0.25, 0.3) is 5.82 Å². The van der Waals surface area contributed by atoms with Crippen molar-refractivity contribution in [1.82, 2.24) is 34.9 Å². The van der Waals surface area contributed by atoms with E-state index in [1.807, 2.05) is 6.07 Å². The lowest BCUT2D eigenvalue weighted by atomic mass is 10.2. The molecule has 0 aliphatic carbocycles. The van der Waals surface area contributed by atoms with Gasteiger partial charge in [-0.1, -0.05) is 11.6 Å². The maximum absolute atomic E-state index is 12.7. The molecule has 3 amide bonds. The molecule has 0 bridgehead atoms. The molecule has 4 rings (SSSR count). The highest BCUT2D eigenvalue weighted by Crippen LogP contribution is 2.21. The lowest BCUT2D eigenvalue weighted by Crippen LogP contribution is -2.28. The van der Waals surface area contributed by atoms with E-state index in [0.29, 0.717) is 33.1 Å². The summed E-state index contributed by atoms with van der Waals surface area (Å²) in [5.74, 6) is 0.370. The van der Waals surface area contributed by atoms with Crippen molar-refractivity contribution < 1.29 is 9.59 Å². The summed E-state index contributed by atoms with van der Waals surface area (Å²) in [6, 6.07) is 6.66. The highest BCUT2D eigenvalue weighted by atomic mass is 35.5. The van der Waals surface area contributed by atoms with E-state index in [0.717, 1.165) is 4.88 Å². The number of amides is 3. The summed E-state index contributed by atoms with van der Waals surface area (Å²) in [4.78, 5) is 39.7. The van der Waals surface area contributed by atoms with Crippen molar-refractivity contribution in [1.29, 1.82) is 0 Å². The molecular weight excluding hydrogens is 472 g/mol. The van der Waals surface area contributed by atoms with Crippen molar-refractivity contribution in [2.75, 3.05) is 12.4 Å². The predicted molar refractivity (Wildman–Crippen MR) is 122 cm³/mol. The number of pyridine rings is 1. The number of aromatic nitrogens is 5. The number of hydrogen-bond acceptors (Lipinski definition) is 8. The monoisotopic (exact) mass is 488 g/mol. The zero-order valence-electron chi connectivity index (χ0n) is 16.7. The Morgan fingerprint density at radius 3 is 2.81 bits per heavy atom. The summed E-state index contributed by atoms with van der Waals surface area (Å²) in [7, 11) is 1.68. The first-order valence-corrected chi connectivity index (χ1v) is 11.4. The van der Waals surface area contributed by atoms with Gasteiger partial charge in [0.2, 0.25) is 0 Å². The van der Waals surface area contributed by atoms with E-state index in [4.69, 9.17) is 11.6 Å². The minimum Gasteiger partial charge on any atom is -0.336 e. The summed E-state index contributed by atoms with van der Waals surface area (Å²) in [6.45, 7) is 0.666. The number of carbonyl (C=O) groups excluding carboxylic acids is 2. The van der Waals surface area contributed by atoms with Crippen LogP contribution in [0.2, 0.25) is 4.34 Å². The predicted octanol–water partition coefficient (Wildman–Crippen LogP) is 3.43. The number of nitrogens with one attached hydrogen (secondary N) is 2. The number of thiophene rings is 1. The molecule has 2 N–H and O–H groups in total. The van der Waals surface area contributed by atoms with E-state index in [1.54, 1.807) is 30.6 Å². The summed E-state index contributed by atoms with van der Waals surface area (Å²) in [5.41, 5.74) is 1.11. The Labute approximate surface area is 195 Å². The molecule has 4 heterocycles. The molecule has 164 valence electrons. The Balaban J connectivity index is 1.29. The van der Waals surface area contributed by atoms with Gasteiger partial charge in [-0.05, 0) is 24.3 Å². The van der Waals surface area contributed by atoms with E-state index in [-0.39, 0.29) is 18.5 Å². The molecule has 32 heavy (non-hydrogen) atoms. The van der Waals surface area contributed by atoms with E-state index in [9.17, 15) is 9.59 Å². The smallest absolute Gasteiger partial charge is 0.321 e. The van der Waals surface area contributed by atoms with Crippen LogP contribution in [0.1, 0.15) is 20.9 Å². The van der Waals surface area contributed by atoms with Crippen molar-refractivity contribution in [3.63, 3.8) is 0 Å². The van der Waals surface area contributed by atoms with E-state index < -0.39 is 0 Å². The summed E-state index contributed by atoms with van der Waals surface area (Å²) in [6.07, 6.45) is 4.44. The second-order valence-electron chi connectivity index (χ2n) is 6.56. The molecule has 0 saturated heterocycles. The first-order chi connectivity index (χ1) is 15.5. The molecule has 4 aromatic heterocycles. The number of carbonyl (C=O) groups is 2. The van der Waals surface area contributed by atoms with Crippen molar-refractivity contribution in [2.45, 2.75) is 13.1 Å². The summed E-state index contributed by atoms with van der Waals surface area (Å²) in [5, 5.41) is 11.7. The Morgan fingerprint density at radius 2 is 2.12 bits per heavy atom. The van der Waals surface area contributed by atoms with Crippen LogP contribution in [-0.4, -0.2) is 48.6 Å². The maximum Gasteiger partial charge on any atom is 0.321 e. The van der Waals surface area contributed by atoms with E-state index in [2.05, 4.69) is 30.7 Å². The molecule has 0 radical (unpaired) electrons. The quantitative estimate of drug-likeness (QED) is 0.411. The SMILES string of the molecule is CN(Cc1csc(NC(=O)NCc2ccc(Cl)s2)n1)C(=O)c1ccc(-n2cncn2)nc1. The lowest BCUT2D eigenvalue weighted by molar-refractivity contribution is 0.0783. The Morgan fingerprint density at radius 1 is 1.25 bits per heavy atom. The van der Waals surface area contributed by atoms with Crippen LogP contribution < -0.4 is 10.6 Å². The van der Waals surface area contributed by atoms with Crippen LogP contribution in [-0.2, 0) is 13.1 Å². The van der Waals surface area contributed by atoms with Gasteiger partial charge in [-0.3, -0.25) is 10.1 Å². The molecule has 0 fully saturated rings. The van der Waals surface area contributed by atoms with Gasteiger partial charge in [0.05, 0.1) is 28.7 Å². The van der Waals surface area contributed by atoms with Gasteiger partial charge in [0.25, 0.3) is 5.91 Å². The lowest BCUT2D eigenvalue weighted by Gasteiger charge is -2.15. The van der Waals surface area contributed by atoms with Gasteiger partial charge in [-0.15, -0.1) is 22.7 Å². The molecule has 0 unspecified atom stereocenters. The van der Waals surface area contributed by atoms with Crippen molar-refractivity contribution in [3.05, 3.63) is 69.0 Å². The van der Waals surface area contributed by atoms with Gasteiger partial charge in [0.15, 0.2) is 10.9 Å². The number of hydrogen-bond donors (Lipinski definition) is 2.